The summed E-state index contributed by atoms with van der Waals surface area (Å²) >= 11 is 0. The molecule has 0 bridgehead atoms. The van der Waals surface area contributed by atoms with Gasteiger partial charge in [-0.25, -0.2) is 9.89 Å². The second-order valence-electron chi connectivity index (χ2n) is 6.21. The molecule has 0 aliphatic carbocycles. The molecule has 0 saturated heterocycles. The molecule has 1 aliphatic rings. The summed E-state index contributed by atoms with van der Waals surface area (Å²) in [6.45, 7) is 0.182. The van der Waals surface area contributed by atoms with Crippen molar-refractivity contribution in [3.63, 3.8) is 0 Å². The van der Waals surface area contributed by atoms with Gasteiger partial charge in [0.2, 0.25) is 0 Å². The normalized spacial score (nSPS) is 16.3. The third-order valence-corrected chi connectivity index (χ3v) is 4.69. The van der Waals surface area contributed by atoms with Gasteiger partial charge in [0.1, 0.15) is 6.04 Å². The van der Waals surface area contributed by atoms with Crippen LogP contribution in [0.1, 0.15) is 21.6 Å². The number of carboxylic acid groups (broad SMARTS) is 1. The van der Waals surface area contributed by atoms with Crippen molar-refractivity contribution < 1.29 is 14.7 Å². The van der Waals surface area contributed by atoms with Crippen LogP contribution in [0.2, 0.25) is 0 Å². The van der Waals surface area contributed by atoms with E-state index in [9.17, 15) is 19.5 Å². The number of carbonyl (C=O) groups excluding carboxylic acids is 1. The highest BCUT2D eigenvalue weighted by molar-refractivity contribution is 6.05. The molecule has 0 spiro atoms. The van der Waals surface area contributed by atoms with Gasteiger partial charge in [0.15, 0.2) is 5.69 Å². The number of carbonyl (C=O) groups is 2. The van der Waals surface area contributed by atoms with Crippen molar-refractivity contribution >= 4 is 22.6 Å². The molecule has 2 heterocycles. The first-order valence-electron chi connectivity index (χ1n) is 8.14. The largest absolute Gasteiger partial charge is 0.480 e. The van der Waals surface area contributed by atoms with Crippen LogP contribution in [0.5, 0.6) is 0 Å². The molecular weight excluding hydrogens is 334 g/mol. The highest BCUT2D eigenvalue weighted by Crippen LogP contribution is 2.26. The molecule has 26 heavy (non-hydrogen) atoms. The van der Waals surface area contributed by atoms with E-state index in [0.717, 1.165) is 11.1 Å². The first-order valence-corrected chi connectivity index (χ1v) is 8.14. The van der Waals surface area contributed by atoms with E-state index in [4.69, 9.17) is 0 Å². The Morgan fingerprint density at radius 1 is 1.04 bits per heavy atom. The van der Waals surface area contributed by atoms with Gasteiger partial charge in [-0.1, -0.05) is 42.5 Å². The van der Waals surface area contributed by atoms with Crippen molar-refractivity contribution in [3.8, 4) is 0 Å². The lowest BCUT2D eigenvalue weighted by Gasteiger charge is -2.34. The minimum atomic E-state index is -1.07. The molecule has 1 amide bonds. The Hall–Kier alpha value is -3.48. The summed E-state index contributed by atoms with van der Waals surface area (Å²) in [5.41, 5.74) is 1.48. The maximum atomic E-state index is 13.1. The third-order valence-electron chi connectivity index (χ3n) is 4.69. The second-order valence-corrected chi connectivity index (χ2v) is 6.21. The van der Waals surface area contributed by atoms with E-state index in [1.807, 2.05) is 24.3 Å². The Kier molecular flexibility index (Phi) is 3.76. The maximum Gasteiger partial charge on any atom is 0.326 e. The first kappa shape index (κ1) is 16.0. The summed E-state index contributed by atoms with van der Waals surface area (Å²) in [5.74, 6) is -1.58. The monoisotopic (exact) mass is 349 g/mol. The molecule has 1 aliphatic heterocycles. The Labute approximate surface area is 147 Å². The van der Waals surface area contributed by atoms with Crippen molar-refractivity contribution in [1.82, 2.24) is 15.1 Å². The number of rotatable bonds is 2. The zero-order valence-corrected chi connectivity index (χ0v) is 13.7. The Morgan fingerprint density at radius 3 is 2.42 bits per heavy atom. The van der Waals surface area contributed by atoms with Crippen molar-refractivity contribution in [2.45, 2.75) is 19.0 Å². The number of carboxylic acids is 1. The minimum absolute atomic E-state index is 0.0471. The Morgan fingerprint density at radius 2 is 1.69 bits per heavy atom. The van der Waals surface area contributed by atoms with E-state index < -0.39 is 23.5 Å². The summed E-state index contributed by atoms with van der Waals surface area (Å²) < 4.78 is 0. The van der Waals surface area contributed by atoms with Crippen LogP contribution in [-0.4, -0.2) is 38.1 Å². The topological polar surface area (TPSA) is 103 Å². The minimum Gasteiger partial charge on any atom is -0.480 e. The number of aromatic amines is 1. The van der Waals surface area contributed by atoms with Crippen molar-refractivity contribution in [2.75, 3.05) is 0 Å². The average Bonchev–Trinajstić information content (AvgIpc) is 2.67. The molecule has 0 unspecified atom stereocenters. The predicted molar refractivity (Wildman–Crippen MR) is 93.8 cm³/mol. The lowest BCUT2D eigenvalue weighted by molar-refractivity contribution is -0.142. The number of hydrogen-bond donors (Lipinski definition) is 2. The molecule has 7 heteroatoms. The zero-order chi connectivity index (χ0) is 18.3. The van der Waals surface area contributed by atoms with Crippen LogP contribution >= 0.6 is 0 Å². The van der Waals surface area contributed by atoms with Gasteiger partial charge < -0.3 is 10.0 Å². The van der Waals surface area contributed by atoms with Gasteiger partial charge in [-0.3, -0.25) is 9.59 Å². The summed E-state index contributed by atoms with van der Waals surface area (Å²) in [6, 6.07) is 13.1. The van der Waals surface area contributed by atoms with Gasteiger partial charge in [-0.15, -0.1) is 0 Å². The number of nitrogens with one attached hydrogen (secondary N) is 1. The van der Waals surface area contributed by atoms with Gasteiger partial charge in [-0.05, 0) is 17.2 Å². The highest BCUT2D eigenvalue weighted by Gasteiger charge is 2.36. The molecule has 0 radical (unpaired) electrons. The molecule has 2 N–H and O–H groups in total. The van der Waals surface area contributed by atoms with E-state index >= 15 is 0 Å². The molecule has 4 rings (SSSR count). The second kappa shape index (κ2) is 6.11. The zero-order valence-electron chi connectivity index (χ0n) is 13.7. The van der Waals surface area contributed by atoms with Gasteiger partial charge in [0.25, 0.3) is 11.5 Å². The fraction of sp³-hybridized carbons (Fsp3) is 0.158. The number of hydrogen-bond acceptors (Lipinski definition) is 4. The van der Waals surface area contributed by atoms with Crippen molar-refractivity contribution in [2.24, 2.45) is 0 Å². The van der Waals surface area contributed by atoms with Crippen LogP contribution in [0.3, 0.4) is 0 Å². The van der Waals surface area contributed by atoms with Crippen LogP contribution < -0.4 is 5.56 Å². The smallest absolute Gasteiger partial charge is 0.326 e. The number of nitrogens with zero attached hydrogens (tertiary/aromatic N) is 2. The average molecular weight is 349 g/mol. The van der Waals surface area contributed by atoms with E-state index in [1.165, 1.54) is 4.90 Å². The van der Waals surface area contributed by atoms with Crippen molar-refractivity contribution in [3.05, 3.63) is 75.7 Å². The number of aliphatic carboxylic acids is 1. The number of fused-ring (bicyclic) bond motifs is 2. The Balaban J connectivity index is 1.82. The van der Waals surface area contributed by atoms with E-state index in [2.05, 4.69) is 10.2 Å². The summed E-state index contributed by atoms with van der Waals surface area (Å²) in [5, 5.41) is 16.6. The number of H-pyrrole nitrogens is 1. The third kappa shape index (κ3) is 2.54. The summed E-state index contributed by atoms with van der Waals surface area (Å²) in [4.78, 5) is 38.1. The predicted octanol–water partition coefficient (Wildman–Crippen LogP) is 1.57. The molecule has 1 aromatic heterocycles. The fourth-order valence-electron chi connectivity index (χ4n) is 3.37. The van der Waals surface area contributed by atoms with Crippen LogP contribution in [0, 0.1) is 0 Å². The molecule has 130 valence electrons. The number of benzene rings is 2. The summed E-state index contributed by atoms with van der Waals surface area (Å²) in [6.07, 6.45) is 0.235. The SMILES string of the molecule is O=C(O)[C@H]1Cc2ccccc2CN1C(=O)c1n[nH]c(=O)c2ccccc12. The highest BCUT2D eigenvalue weighted by atomic mass is 16.4. The molecule has 7 nitrogen and oxygen atoms in total. The van der Waals surface area contributed by atoms with Gasteiger partial charge in [0.05, 0.1) is 5.39 Å². The van der Waals surface area contributed by atoms with Crippen LogP contribution in [0.4, 0.5) is 0 Å². The summed E-state index contributed by atoms with van der Waals surface area (Å²) in [7, 11) is 0. The maximum absolute atomic E-state index is 13.1. The molecular formula is C19H15N3O4. The van der Waals surface area contributed by atoms with Crippen LogP contribution in [0.15, 0.2) is 53.3 Å². The first-order chi connectivity index (χ1) is 12.6. The molecule has 1 atom stereocenters. The lowest BCUT2D eigenvalue weighted by atomic mass is 9.93. The van der Waals surface area contributed by atoms with E-state index in [0.29, 0.717) is 10.8 Å². The standard InChI is InChI=1S/C19H15N3O4/c23-17-14-8-4-3-7-13(14)16(20-21-17)18(24)22-10-12-6-2-1-5-11(12)9-15(22)19(25)26/h1-8,15H,9-10H2,(H,21,23)(H,25,26)/t15-/m1/s1. The quantitative estimate of drug-likeness (QED) is 0.731. The number of amides is 1. The van der Waals surface area contributed by atoms with E-state index in [-0.39, 0.29) is 18.7 Å². The van der Waals surface area contributed by atoms with Crippen LogP contribution in [0.25, 0.3) is 10.8 Å². The fourth-order valence-corrected chi connectivity index (χ4v) is 3.37. The van der Waals surface area contributed by atoms with Gasteiger partial charge in [0, 0.05) is 18.4 Å². The lowest BCUT2D eigenvalue weighted by Crippen LogP contribution is -2.49. The van der Waals surface area contributed by atoms with Gasteiger partial charge in [-0.2, -0.15) is 5.10 Å². The number of aromatic nitrogens is 2. The van der Waals surface area contributed by atoms with Crippen LogP contribution in [-0.2, 0) is 17.8 Å². The molecule has 0 fully saturated rings. The van der Waals surface area contributed by atoms with E-state index in [1.54, 1.807) is 24.3 Å². The molecule has 0 saturated carbocycles. The molecule has 3 aromatic rings. The van der Waals surface area contributed by atoms with Gasteiger partial charge >= 0.3 is 5.97 Å². The van der Waals surface area contributed by atoms with Crippen molar-refractivity contribution in [1.29, 1.82) is 0 Å². The Bertz CT molecular complexity index is 1090. The molecule has 2 aromatic carbocycles.